The van der Waals surface area contributed by atoms with E-state index in [-0.39, 0.29) is 18.6 Å². The maximum atomic E-state index is 12.1. The number of amides is 1. The zero-order valence-corrected chi connectivity index (χ0v) is 12.8. The predicted molar refractivity (Wildman–Crippen MR) is 81.3 cm³/mol. The van der Waals surface area contributed by atoms with E-state index < -0.39 is 0 Å². The standard InChI is InChI=1S/C15H18N2O3S/c1-11-8-19-7-6-17(11)15(18)10-20-9-14-16-12-4-2-3-5-13(12)21-14/h2-5,11H,6-10H2,1H3. The van der Waals surface area contributed by atoms with Crippen LogP contribution in [0.15, 0.2) is 24.3 Å². The van der Waals surface area contributed by atoms with Crippen LogP contribution in [0.2, 0.25) is 0 Å². The van der Waals surface area contributed by atoms with Crippen LogP contribution in [0.5, 0.6) is 0 Å². The molecule has 2 aromatic rings. The first-order chi connectivity index (χ1) is 10.2. The van der Waals surface area contributed by atoms with Crippen LogP contribution in [0, 0.1) is 0 Å². The van der Waals surface area contributed by atoms with Gasteiger partial charge < -0.3 is 14.4 Å². The number of morpholine rings is 1. The number of aromatic nitrogens is 1. The Morgan fingerprint density at radius 2 is 2.38 bits per heavy atom. The van der Waals surface area contributed by atoms with E-state index in [1.165, 1.54) is 0 Å². The highest BCUT2D eigenvalue weighted by atomic mass is 32.1. The number of nitrogens with zero attached hydrogens (tertiary/aromatic N) is 2. The molecule has 1 unspecified atom stereocenters. The molecule has 21 heavy (non-hydrogen) atoms. The van der Waals surface area contributed by atoms with E-state index in [1.807, 2.05) is 36.1 Å². The summed E-state index contributed by atoms with van der Waals surface area (Å²) in [5.41, 5.74) is 0.981. The molecule has 6 heteroatoms. The van der Waals surface area contributed by atoms with Gasteiger partial charge in [-0.1, -0.05) is 12.1 Å². The number of fused-ring (bicyclic) bond motifs is 1. The molecule has 0 N–H and O–H groups in total. The number of thiazole rings is 1. The first kappa shape index (κ1) is 14.4. The van der Waals surface area contributed by atoms with Crippen molar-refractivity contribution in [3.63, 3.8) is 0 Å². The minimum atomic E-state index is 0.0203. The van der Waals surface area contributed by atoms with Crippen LogP contribution < -0.4 is 0 Å². The van der Waals surface area contributed by atoms with Crippen molar-refractivity contribution < 1.29 is 14.3 Å². The summed E-state index contributed by atoms with van der Waals surface area (Å²) in [7, 11) is 0. The predicted octanol–water partition coefficient (Wildman–Crippen LogP) is 2.06. The van der Waals surface area contributed by atoms with Crippen LogP contribution in [0.25, 0.3) is 10.2 Å². The lowest BCUT2D eigenvalue weighted by Gasteiger charge is -2.33. The second kappa shape index (κ2) is 6.51. The van der Waals surface area contributed by atoms with Gasteiger partial charge in [-0.15, -0.1) is 11.3 Å². The molecule has 5 nitrogen and oxygen atoms in total. The van der Waals surface area contributed by atoms with Crippen LogP contribution in [0.4, 0.5) is 0 Å². The molecule has 2 heterocycles. The normalized spacial score (nSPS) is 19.1. The average Bonchev–Trinajstić information content (AvgIpc) is 2.90. The molecule has 0 bridgehead atoms. The second-order valence-corrected chi connectivity index (χ2v) is 6.19. The Morgan fingerprint density at radius 3 is 3.19 bits per heavy atom. The summed E-state index contributed by atoms with van der Waals surface area (Å²) in [6.45, 7) is 4.32. The Labute approximate surface area is 127 Å². The first-order valence-electron chi connectivity index (χ1n) is 7.03. The Balaban J connectivity index is 1.52. The summed E-state index contributed by atoms with van der Waals surface area (Å²) in [6, 6.07) is 8.11. The van der Waals surface area contributed by atoms with Gasteiger partial charge in [-0.3, -0.25) is 4.79 Å². The number of hydrogen-bond acceptors (Lipinski definition) is 5. The molecule has 1 aliphatic rings. The quantitative estimate of drug-likeness (QED) is 0.867. The van der Waals surface area contributed by atoms with Gasteiger partial charge in [-0.2, -0.15) is 0 Å². The first-order valence-corrected chi connectivity index (χ1v) is 7.85. The Hall–Kier alpha value is -1.50. The summed E-state index contributed by atoms with van der Waals surface area (Å²) in [5.74, 6) is 0.0203. The van der Waals surface area contributed by atoms with Gasteiger partial charge in [0.25, 0.3) is 0 Å². The Kier molecular flexibility index (Phi) is 4.48. The van der Waals surface area contributed by atoms with Crippen LogP contribution in [-0.2, 0) is 20.9 Å². The molecule has 3 rings (SSSR count). The highest BCUT2D eigenvalue weighted by molar-refractivity contribution is 7.18. The Morgan fingerprint density at radius 1 is 1.52 bits per heavy atom. The zero-order chi connectivity index (χ0) is 14.7. The molecule has 0 radical (unpaired) electrons. The fraction of sp³-hybridized carbons (Fsp3) is 0.467. The van der Waals surface area contributed by atoms with Crippen LogP contribution in [-0.4, -0.2) is 48.2 Å². The van der Waals surface area contributed by atoms with Crippen molar-refractivity contribution >= 4 is 27.5 Å². The second-order valence-electron chi connectivity index (χ2n) is 5.08. The van der Waals surface area contributed by atoms with Crippen molar-refractivity contribution in [3.8, 4) is 0 Å². The third kappa shape index (κ3) is 3.40. The molecular weight excluding hydrogens is 288 g/mol. The average molecular weight is 306 g/mol. The van der Waals surface area contributed by atoms with Crippen molar-refractivity contribution in [2.24, 2.45) is 0 Å². The third-order valence-corrected chi connectivity index (χ3v) is 4.49. The molecule has 0 spiro atoms. The maximum absolute atomic E-state index is 12.1. The minimum absolute atomic E-state index is 0.0203. The SMILES string of the molecule is CC1COCCN1C(=O)COCc1nc2ccccc2s1. The summed E-state index contributed by atoms with van der Waals surface area (Å²) < 4.78 is 12.0. The van der Waals surface area contributed by atoms with E-state index in [9.17, 15) is 4.79 Å². The monoisotopic (exact) mass is 306 g/mol. The van der Waals surface area contributed by atoms with Gasteiger partial charge in [0.1, 0.15) is 11.6 Å². The summed E-state index contributed by atoms with van der Waals surface area (Å²) >= 11 is 1.60. The van der Waals surface area contributed by atoms with Crippen molar-refractivity contribution in [2.75, 3.05) is 26.4 Å². The smallest absolute Gasteiger partial charge is 0.248 e. The lowest BCUT2D eigenvalue weighted by Crippen LogP contribution is -2.48. The number of carbonyl (C=O) groups excluding carboxylic acids is 1. The molecule has 0 saturated carbocycles. The number of para-hydroxylation sites is 1. The number of hydrogen-bond donors (Lipinski definition) is 0. The van der Waals surface area contributed by atoms with Crippen LogP contribution in [0.1, 0.15) is 11.9 Å². The number of rotatable bonds is 4. The van der Waals surface area contributed by atoms with E-state index in [4.69, 9.17) is 9.47 Å². The van der Waals surface area contributed by atoms with E-state index >= 15 is 0 Å². The topological polar surface area (TPSA) is 51.7 Å². The summed E-state index contributed by atoms with van der Waals surface area (Å²) in [4.78, 5) is 18.4. The minimum Gasteiger partial charge on any atom is -0.377 e. The highest BCUT2D eigenvalue weighted by Gasteiger charge is 2.23. The Bertz CT molecular complexity index is 595. The summed E-state index contributed by atoms with van der Waals surface area (Å²) in [5, 5.41) is 0.902. The molecule has 1 saturated heterocycles. The number of ether oxygens (including phenoxy) is 2. The van der Waals surface area contributed by atoms with Crippen molar-refractivity contribution in [3.05, 3.63) is 29.3 Å². The van der Waals surface area contributed by atoms with E-state index in [0.717, 1.165) is 15.2 Å². The lowest BCUT2D eigenvalue weighted by molar-refractivity contribution is -0.144. The zero-order valence-electron chi connectivity index (χ0n) is 11.9. The van der Waals surface area contributed by atoms with E-state index in [1.54, 1.807) is 11.3 Å². The van der Waals surface area contributed by atoms with Crippen LogP contribution >= 0.6 is 11.3 Å². The van der Waals surface area contributed by atoms with Gasteiger partial charge in [0, 0.05) is 6.54 Å². The van der Waals surface area contributed by atoms with Gasteiger partial charge in [-0.05, 0) is 19.1 Å². The van der Waals surface area contributed by atoms with Gasteiger partial charge in [-0.25, -0.2) is 4.98 Å². The molecule has 1 aliphatic heterocycles. The molecule has 1 aromatic heterocycles. The van der Waals surface area contributed by atoms with Gasteiger partial charge >= 0.3 is 0 Å². The lowest BCUT2D eigenvalue weighted by atomic mass is 10.2. The summed E-state index contributed by atoms with van der Waals surface area (Å²) in [6.07, 6.45) is 0. The number of carbonyl (C=O) groups is 1. The highest BCUT2D eigenvalue weighted by Crippen LogP contribution is 2.21. The largest absolute Gasteiger partial charge is 0.377 e. The van der Waals surface area contributed by atoms with Crippen molar-refractivity contribution in [1.29, 1.82) is 0 Å². The molecule has 0 aliphatic carbocycles. The molecule has 1 fully saturated rings. The van der Waals surface area contributed by atoms with Gasteiger partial charge in [0.15, 0.2) is 0 Å². The maximum Gasteiger partial charge on any atom is 0.248 e. The van der Waals surface area contributed by atoms with Gasteiger partial charge in [0.2, 0.25) is 5.91 Å². The third-order valence-electron chi connectivity index (χ3n) is 3.48. The van der Waals surface area contributed by atoms with Gasteiger partial charge in [0.05, 0.1) is 36.1 Å². The molecule has 1 aromatic carbocycles. The van der Waals surface area contributed by atoms with Crippen molar-refractivity contribution in [2.45, 2.75) is 19.6 Å². The fourth-order valence-corrected chi connectivity index (χ4v) is 3.29. The van der Waals surface area contributed by atoms with E-state index in [0.29, 0.717) is 26.4 Å². The number of benzene rings is 1. The van der Waals surface area contributed by atoms with Crippen LogP contribution in [0.3, 0.4) is 0 Å². The van der Waals surface area contributed by atoms with Crippen molar-refractivity contribution in [1.82, 2.24) is 9.88 Å². The molecule has 1 amide bonds. The van der Waals surface area contributed by atoms with E-state index in [2.05, 4.69) is 4.98 Å². The molecule has 112 valence electrons. The fourth-order valence-electron chi connectivity index (χ4n) is 2.39. The molecular formula is C15H18N2O3S. The molecule has 1 atom stereocenters.